The molecule has 1 aliphatic carbocycles. The average Bonchev–Trinajstić information content (AvgIpc) is 2.64. The first-order valence-electron chi connectivity index (χ1n) is 8.74. The fourth-order valence-electron chi connectivity index (χ4n) is 3.37. The van der Waals surface area contributed by atoms with Crippen molar-refractivity contribution in [1.29, 1.82) is 0 Å². The number of benzene rings is 2. The highest BCUT2D eigenvalue weighted by atomic mass is 19.4. The summed E-state index contributed by atoms with van der Waals surface area (Å²) in [6.45, 7) is -0.294. The van der Waals surface area contributed by atoms with Gasteiger partial charge in [-0.1, -0.05) is 24.3 Å². The Bertz CT molecular complexity index is 890. The van der Waals surface area contributed by atoms with Crippen LogP contribution in [0.25, 0.3) is 0 Å². The number of carbonyl (C=O) groups is 1. The van der Waals surface area contributed by atoms with Gasteiger partial charge in [0.25, 0.3) is 5.91 Å². The molecule has 0 bridgehead atoms. The number of fused-ring (bicyclic) bond motifs is 1. The van der Waals surface area contributed by atoms with E-state index in [0.29, 0.717) is 25.0 Å². The standard InChI is InChI=1S/C20H17F6NO2/c21-19(22,23)15-7-14(8-16(9-15)20(24,25)26)17(28)27-11-18(29)6-5-12-3-1-2-4-13(12)10-18/h1-4,7-9,29H,5-6,10-11H2,(H,27,28). The minimum Gasteiger partial charge on any atom is -0.388 e. The second-order valence-electron chi connectivity index (χ2n) is 7.15. The largest absolute Gasteiger partial charge is 0.416 e. The number of carbonyl (C=O) groups excluding carboxylic acids is 1. The predicted octanol–water partition coefficient (Wildman–Crippen LogP) is 4.37. The maximum Gasteiger partial charge on any atom is 0.416 e. The molecule has 2 aromatic carbocycles. The molecule has 0 spiro atoms. The van der Waals surface area contributed by atoms with Crippen molar-refractivity contribution in [3.05, 3.63) is 70.3 Å². The summed E-state index contributed by atoms with van der Waals surface area (Å²) in [5.74, 6) is -1.12. The molecule has 1 atom stereocenters. The fourth-order valence-corrected chi connectivity index (χ4v) is 3.37. The van der Waals surface area contributed by atoms with Gasteiger partial charge >= 0.3 is 12.4 Å². The van der Waals surface area contributed by atoms with Crippen molar-refractivity contribution in [3.8, 4) is 0 Å². The van der Waals surface area contributed by atoms with Gasteiger partial charge in [-0.25, -0.2) is 0 Å². The number of aliphatic hydroxyl groups is 1. The van der Waals surface area contributed by atoms with Gasteiger partial charge in [0.1, 0.15) is 0 Å². The molecule has 9 heteroatoms. The van der Waals surface area contributed by atoms with E-state index in [4.69, 9.17) is 0 Å². The summed E-state index contributed by atoms with van der Waals surface area (Å²) in [5, 5.41) is 13.0. The quantitative estimate of drug-likeness (QED) is 0.729. The van der Waals surface area contributed by atoms with E-state index >= 15 is 0 Å². The lowest BCUT2D eigenvalue weighted by Crippen LogP contribution is -2.46. The van der Waals surface area contributed by atoms with E-state index in [0.717, 1.165) is 11.1 Å². The number of rotatable bonds is 3. The van der Waals surface area contributed by atoms with E-state index < -0.39 is 40.6 Å². The lowest BCUT2D eigenvalue weighted by Gasteiger charge is -2.33. The molecule has 0 aliphatic heterocycles. The maximum atomic E-state index is 12.9. The second kappa shape index (κ2) is 7.37. The van der Waals surface area contributed by atoms with Crippen LogP contribution in [0.1, 0.15) is 39.0 Å². The maximum absolute atomic E-state index is 12.9. The number of amides is 1. The van der Waals surface area contributed by atoms with Crippen LogP contribution in [0, 0.1) is 0 Å². The van der Waals surface area contributed by atoms with Gasteiger partial charge in [0.15, 0.2) is 0 Å². The van der Waals surface area contributed by atoms with Crippen LogP contribution < -0.4 is 5.32 Å². The zero-order valence-corrected chi connectivity index (χ0v) is 15.0. The van der Waals surface area contributed by atoms with Crippen molar-refractivity contribution >= 4 is 5.91 Å². The molecule has 0 saturated heterocycles. The van der Waals surface area contributed by atoms with Crippen molar-refractivity contribution in [2.24, 2.45) is 0 Å². The Labute approximate surface area is 162 Å². The third kappa shape index (κ3) is 4.90. The van der Waals surface area contributed by atoms with Gasteiger partial charge in [0.2, 0.25) is 0 Å². The first-order valence-corrected chi connectivity index (χ1v) is 8.74. The molecule has 2 N–H and O–H groups in total. The van der Waals surface area contributed by atoms with E-state index in [9.17, 15) is 36.2 Å². The summed E-state index contributed by atoms with van der Waals surface area (Å²) in [5.41, 5.74) is -3.30. The smallest absolute Gasteiger partial charge is 0.388 e. The summed E-state index contributed by atoms with van der Waals surface area (Å²) < 4.78 is 77.6. The summed E-state index contributed by atoms with van der Waals surface area (Å²) in [6, 6.07) is 8.08. The summed E-state index contributed by atoms with van der Waals surface area (Å²) in [6.07, 6.45) is -9.01. The molecular formula is C20H17F6NO2. The number of nitrogens with one attached hydrogen (secondary N) is 1. The van der Waals surface area contributed by atoms with Gasteiger partial charge in [0, 0.05) is 18.5 Å². The van der Waals surface area contributed by atoms with Crippen LogP contribution in [0.3, 0.4) is 0 Å². The Morgan fingerprint density at radius 2 is 1.52 bits per heavy atom. The summed E-state index contributed by atoms with van der Waals surface area (Å²) >= 11 is 0. The highest BCUT2D eigenvalue weighted by Gasteiger charge is 2.38. The topological polar surface area (TPSA) is 49.3 Å². The van der Waals surface area contributed by atoms with Gasteiger partial charge in [-0.05, 0) is 42.2 Å². The van der Waals surface area contributed by atoms with Crippen molar-refractivity contribution in [1.82, 2.24) is 5.32 Å². The minimum atomic E-state index is -5.04. The molecule has 3 nitrogen and oxygen atoms in total. The Morgan fingerprint density at radius 3 is 2.07 bits per heavy atom. The molecule has 2 aromatic rings. The summed E-state index contributed by atoms with van der Waals surface area (Å²) in [7, 11) is 0. The molecule has 0 heterocycles. The molecule has 0 radical (unpaired) electrons. The van der Waals surface area contributed by atoms with Crippen LogP contribution in [-0.2, 0) is 25.2 Å². The van der Waals surface area contributed by atoms with E-state index in [1.54, 1.807) is 6.07 Å². The van der Waals surface area contributed by atoms with E-state index in [-0.39, 0.29) is 19.0 Å². The molecule has 3 rings (SSSR count). The second-order valence-corrected chi connectivity index (χ2v) is 7.15. The van der Waals surface area contributed by atoms with Crippen molar-refractivity contribution in [2.45, 2.75) is 37.2 Å². The van der Waals surface area contributed by atoms with Crippen LogP contribution in [-0.4, -0.2) is 23.2 Å². The molecule has 0 saturated carbocycles. The van der Waals surface area contributed by atoms with Crippen LogP contribution in [0.5, 0.6) is 0 Å². The molecule has 156 valence electrons. The van der Waals surface area contributed by atoms with Crippen LogP contribution >= 0.6 is 0 Å². The number of alkyl halides is 6. The zero-order valence-electron chi connectivity index (χ0n) is 15.0. The minimum absolute atomic E-state index is 0.0393. The zero-order chi connectivity index (χ0) is 21.4. The normalized spacial score (nSPS) is 19.6. The van der Waals surface area contributed by atoms with E-state index in [1.165, 1.54) is 0 Å². The third-order valence-corrected chi connectivity index (χ3v) is 4.93. The number of aryl methyl sites for hydroxylation is 1. The van der Waals surface area contributed by atoms with Crippen LogP contribution in [0.4, 0.5) is 26.3 Å². The van der Waals surface area contributed by atoms with Gasteiger partial charge in [-0.2, -0.15) is 26.3 Å². The number of hydrogen-bond acceptors (Lipinski definition) is 2. The molecule has 0 fully saturated rings. The van der Waals surface area contributed by atoms with Gasteiger partial charge in [0.05, 0.1) is 16.7 Å². The first kappa shape index (κ1) is 21.2. The molecule has 1 amide bonds. The highest BCUT2D eigenvalue weighted by Crippen LogP contribution is 2.36. The third-order valence-electron chi connectivity index (χ3n) is 4.93. The van der Waals surface area contributed by atoms with Crippen molar-refractivity contribution in [3.63, 3.8) is 0 Å². The van der Waals surface area contributed by atoms with Gasteiger partial charge in [-0.15, -0.1) is 0 Å². The Morgan fingerprint density at radius 1 is 0.966 bits per heavy atom. The van der Waals surface area contributed by atoms with Crippen molar-refractivity contribution < 1.29 is 36.2 Å². The SMILES string of the molecule is O=C(NCC1(O)CCc2ccccc2C1)c1cc(C(F)(F)F)cc(C(F)(F)F)c1. The van der Waals surface area contributed by atoms with Gasteiger partial charge in [-0.3, -0.25) is 4.79 Å². The van der Waals surface area contributed by atoms with Crippen molar-refractivity contribution in [2.75, 3.05) is 6.54 Å². The fraction of sp³-hybridized carbons (Fsp3) is 0.350. The van der Waals surface area contributed by atoms with Gasteiger partial charge < -0.3 is 10.4 Å². The molecule has 1 unspecified atom stereocenters. The summed E-state index contributed by atoms with van der Waals surface area (Å²) in [4.78, 5) is 12.3. The van der Waals surface area contributed by atoms with Crippen LogP contribution in [0.15, 0.2) is 42.5 Å². The lowest BCUT2D eigenvalue weighted by molar-refractivity contribution is -0.143. The number of halogens is 6. The predicted molar refractivity (Wildman–Crippen MR) is 92.2 cm³/mol. The van der Waals surface area contributed by atoms with E-state index in [1.807, 2.05) is 18.2 Å². The first-order chi connectivity index (χ1) is 13.4. The molecular weight excluding hydrogens is 400 g/mol. The monoisotopic (exact) mass is 417 g/mol. The highest BCUT2D eigenvalue weighted by molar-refractivity contribution is 5.94. The average molecular weight is 417 g/mol. The number of hydrogen-bond donors (Lipinski definition) is 2. The molecule has 0 aromatic heterocycles. The Balaban J connectivity index is 1.79. The molecule has 1 aliphatic rings. The van der Waals surface area contributed by atoms with Crippen LogP contribution in [0.2, 0.25) is 0 Å². The Hall–Kier alpha value is -2.55. The molecule has 29 heavy (non-hydrogen) atoms. The lowest BCUT2D eigenvalue weighted by atomic mass is 9.80. The Kier molecular flexibility index (Phi) is 5.38. The van der Waals surface area contributed by atoms with E-state index in [2.05, 4.69) is 5.32 Å².